The Labute approximate surface area is 98.1 Å². The molecule has 1 unspecified atom stereocenters. The zero-order valence-corrected chi connectivity index (χ0v) is 9.96. The van der Waals surface area contributed by atoms with Gasteiger partial charge in [0.15, 0.2) is 5.69 Å². The predicted molar refractivity (Wildman–Crippen MR) is 63.2 cm³/mol. The van der Waals surface area contributed by atoms with Crippen molar-refractivity contribution in [2.75, 3.05) is 32.0 Å². The fourth-order valence-electron chi connectivity index (χ4n) is 1.95. The van der Waals surface area contributed by atoms with Crippen LogP contribution in [0, 0.1) is 5.92 Å². The number of thiazole rings is 1. The molecule has 0 radical (unpaired) electrons. The Balaban J connectivity index is 1.89. The summed E-state index contributed by atoms with van der Waals surface area (Å²) in [5, 5.41) is 12.7. The summed E-state index contributed by atoms with van der Waals surface area (Å²) in [4.78, 5) is 16.9. The minimum absolute atomic E-state index is 0.136. The number of hydrogen-bond donors (Lipinski definition) is 2. The Kier molecular flexibility index (Phi) is 3.40. The van der Waals surface area contributed by atoms with E-state index in [0.717, 1.165) is 19.6 Å². The Morgan fingerprint density at radius 2 is 2.62 bits per heavy atom. The van der Waals surface area contributed by atoms with Crippen LogP contribution in [0.2, 0.25) is 0 Å². The summed E-state index contributed by atoms with van der Waals surface area (Å²) in [6.45, 7) is 3.03. The molecular formula is C10H15N3O2S. The molecule has 1 aromatic heterocycles. The highest BCUT2D eigenvalue weighted by molar-refractivity contribution is 7.14. The van der Waals surface area contributed by atoms with E-state index in [0.29, 0.717) is 10.9 Å². The van der Waals surface area contributed by atoms with Gasteiger partial charge in [-0.2, -0.15) is 0 Å². The van der Waals surface area contributed by atoms with Crippen molar-refractivity contribution in [3.63, 3.8) is 0 Å². The van der Waals surface area contributed by atoms with E-state index in [4.69, 9.17) is 5.11 Å². The molecule has 5 nitrogen and oxygen atoms in total. The topological polar surface area (TPSA) is 65.5 Å². The van der Waals surface area contributed by atoms with Gasteiger partial charge in [0.05, 0.1) is 5.51 Å². The predicted octanol–water partition coefficient (Wildman–Crippen LogP) is 1.20. The third kappa shape index (κ3) is 2.51. The number of carboxylic acid groups (broad SMARTS) is 1. The van der Waals surface area contributed by atoms with Gasteiger partial charge in [0.1, 0.15) is 5.00 Å². The van der Waals surface area contributed by atoms with Gasteiger partial charge in [-0.3, -0.25) is 0 Å². The first-order valence-electron chi connectivity index (χ1n) is 5.26. The van der Waals surface area contributed by atoms with Crippen LogP contribution in [0.5, 0.6) is 0 Å². The molecule has 0 amide bonds. The van der Waals surface area contributed by atoms with Crippen LogP contribution in [-0.2, 0) is 0 Å². The van der Waals surface area contributed by atoms with Crippen LogP contribution in [-0.4, -0.2) is 47.6 Å². The van der Waals surface area contributed by atoms with Crippen molar-refractivity contribution in [2.45, 2.75) is 6.42 Å². The fraction of sp³-hybridized carbons (Fsp3) is 0.600. The molecule has 2 N–H and O–H groups in total. The second-order valence-electron chi connectivity index (χ2n) is 4.13. The number of aromatic nitrogens is 1. The molecule has 2 heterocycles. The van der Waals surface area contributed by atoms with Gasteiger partial charge in [0, 0.05) is 13.1 Å². The summed E-state index contributed by atoms with van der Waals surface area (Å²) >= 11 is 1.35. The summed E-state index contributed by atoms with van der Waals surface area (Å²) in [5.41, 5.74) is 1.70. The van der Waals surface area contributed by atoms with Gasteiger partial charge in [-0.15, -0.1) is 11.3 Å². The number of carboxylic acids is 1. The number of nitrogens with zero attached hydrogens (tertiary/aromatic N) is 2. The maximum atomic E-state index is 10.8. The Hall–Kier alpha value is -1.14. The van der Waals surface area contributed by atoms with Crippen LogP contribution in [0.1, 0.15) is 16.9 Å². The van der Waals surface area contributed by atoms with Crippen LogP contribution in [0.15, 0.2) is 5.51 Å². The average molecular weight is 241 g/mol. The van der Waals surface area contributed by atoms with E-state index in [-0.39, 0.29) is 5.69 Å². The smallest absolute Gasteiger partial charge is 0.357 e. The largest absolute Gasteiger partial charge is 0.476 e. The molecule has 2 rings (SSSR count). The first kappa shape index (κ1) is 11.3. The third-order valence-corrected chi connectivity index (χ3v) is 3.59. The summed E-state index contributed by atoms with van der Waals surface area (Å²) < 4.78 is 0. The lowest BCUT2D eigenvalue weighted by molar-refractivity contribution is 0.0692. The molecule has 1 atom stereocenters. The molecule has 88 valence electrons. The number of carbonyl (C=O) groups is 1. The Morgan fingerprint density at radius 1 is 1.81 bits per heavy atom. The van der Waals surface area contributed by atoms with Gasteiger partial charge in [0.25, 0.3) is 0 Å². The molecule has 1 aromatic rings. The standard InChI is InChI=1S/C10H15N3O2S/c1-13-3-2-7(5-13)4-11-9-8(10(14)15)12-6-16-9/h6-7,11H,2-5H2,1H3,(H,14,15). The second kappa shape index (κ2) is 4.80. The van der Waals surface area contributed by atoms with Crippen molar-refractivity contribution >= 4 is 22.3 Å². The number of nitrogens with one attached hydrogen (secondary N) is 1. The highest BCUT2D eigenvalue weighted by atomic mass is 32.1. The second-order valence-corrected chi connectivity index (χ2v) is 4.99. The number of anilines is 1. The molecule has 0 aliphatic carbocycles. The summed E-state index contributed by atoms with van der Waals surface area (Å²) in [7, 11) is 2.11. The van der Waals surface area contributed by atoms with E-state index >= 15 is 0 Å². The van der Waals surface area contributed by atoms with Crippen molar-refractivity contribution in [1.29, 1.82) is 0 Å². The van der Waals surface area contributed by atoms with E-state index in [1.807, 2.05) is 0 Å². The minimum Gasteiger partial charge on any atom is -0.476 e. The maximum absolute atomic E-state index is 10.8. The number of likely N-dealkylation sites (tertiary alicyclic amines) is 1. The lowest BCUT2D eigenvalue weighted by Crippen LogP contribution is -2.19. The van der Waals surface area contributed by atoms with E-state index in [2.05, 4.69) is 22.2 Å². The van der Waals surface area contributed by atoms with Crippen LogP contribution in [0.3, 0.4) is 0 Å². The highest BCUT2D eigenvalue weighted by Crippen LogP contribution is 2.22. The van der Waals surface area contributed by atoms with Crippen LogP contribution in [0.25, 0.3) is 0 Å². The molecule has 0 bridgehead atoms. The first-order valence-corrected chi connectivity index (χ1v) is 6.14. The molecule has 0 spiro atoms. The molecule has 16 heavy (non-hydrogen) atoms. The van der Waals surface area contributed by atoms with E-state index in [1.54, 1.807) is 5.51 Å². The van der Waals surface area contributed by atoms with Gasteiger partial charge >= 0.3 is 5.97 Å². The monoisotopic (exact) mass is 241 g/mol. The van der Waals surface area contributed by atoms with Crippen molar-refractivity contribution in [3.8, 4) is 0 Å². The minimum atomic E-state index is -0.965. The van der Waals surface area contributed by atoms with Crippen molar-refractivity contribution in [1.82, 2.24) is 9.88 Å². The van der Waals surface area contributed by atoms with Crippen LogP contribution >= 0.6 is 11.3 Å². The molecular weight excluding hydrogens is 226 g/mol. The summed E-state index contributed by atoms with van der Waals surface area (Å²) in [5.74, 6) is -0.360. The zero-order valence-electron chi connectivity index (χ0n) is 9.14. The Morgan fingerprint density at radius 3 is 3.25 bits per heavy atom. The number of aromatic carboxylic acids is 1. The number of rotatable bonds is 4. The molecule has 1 saturated heterocycles. The van der Waals surface area contributed by atoms with Crippen LogP contribution in [0.4, 0.5) is 5.00 Å². The van der Waals surface area contributed by atoms with Gasteiger partial charge in [-0.1, -0.05) is 0 Å². The maximum Gasteiger partial charge on any atom is 0.357 e. The van der Waals surface area contributed by atoms with Gasteiger partial charge in [-0.25, -0.2) is 9.78 Å². The van der Waals surface area contributed by atoms with Crippen molar-refractivity contribution in [2.24, 2.45) is 5.92 Å². The molecule has 1 aliphatic rings. The van der Waals surface area contributed by atoms with Crippen molar-refractivity contribution < 1.29 is 9.90 Å². The lowest BCUT2D eigenvalue weighted by Gasteiger charge is -2.11. The average Bonchev–Trinajstić information content (AvgIpc) is 2.83. The molecule has 0 saturated carbocycles. The van der Waals surface area contributed by atoms with E-state index < -0.39 is 5.97 Å². The Bertz CT molecular complexity index is 380. The van der Waals surface area contributed by atoms with Gasteiger partial charge in [-0.05, 0) is 25.9 Å². The zero-order chi connectivity index (χ0) is 11.5. The highest BCUT2D eigenvalue weighted by Gasteiger charge is 2.20. The first-order chi connectivity index (χ1) is 7.66. The third-order valence-electron chi connectivity index (χ3n) is 2.81. The van der Waals surface area contributed by atoms with E-state index in [9.17, 15) is 4.79 Å². The van der Waals surface area contributed by atoms with Crippen molar-refractivity contribution in [3.05, 3.63) is 11.2 Å². The van der Waals surface area contributed by atoms with Gasteiger partial charge in [0.2, 0.25) is 0 Å². The van der Waals surface area contributed by atoms with Crippen LogP contribution < -0.4 is 5.32 Å². The number of hydrogen-bond acceptors (Lipinski definition) is 5. The molecule has 1 fully saturated rings. The summed E-state index contributed by atoms with van der Waals surface area (Å²) in [6, 6.07) is 0. The molecule has 1 aliphatic heterocycles. The quantitative estimate of drug-likeness (QED) is 0.829. The normalized spacial score (nSPS) is 21.2. The van der Waals surface area contributed by atoms with E-state index in [1.165, 1.54) is 17.8 Å². The lowest BCUT2D eigenvalue weighted by atomic mass is 10.1. The SMILES string of the molecule is CN1CCC(CNc2scnc2C(=O)O)C1. The molecule has 6 heteroatoms. The summed E-state index contributed by atoms with van der Waals surface area (Å²) in [6.07, 6.45) is 1.17. The van der Waals surface area contributed by atoms with Gasteiger partial charge < -0.3 is 15.3 Å². The molecule has 0 aromatic carbocycles. The fourth-order valence-corrected chi connectivity index (χ4v) is 2.64.